The molecule has 0 aliphatic heterocycles. The van der Waals surface area contributed by atoms with Crippen LogP contribution in [0.4, 0.5) is 17.1 Å². The highest BCUT2D eigenvalue weighted by atomic mass is 35.5. The average molecular weight is 278 g/mol. The summed E-state index contributed by atoms with van der Waals surface area (Å²) in [5.74, 6) is 0.0168. The van der Waals surface area contributed by atoms with E-state index in [1.807, 2.05) is 24.3 Å². The number of nitrogen functional groups attached to an aromatic ring is 1. The van der Waals surface area contributed by atoms with Gasteiger partial charge >= 0.3 is 0 Å². The first kappa shape index (κ1) is 13.5. The third-order valence-corrected chi connectivity index (χ3v) is 3.32. The summed E-state index contributed by atoms with van der Waals surface area (Å²) in [7, 11) is 0. The van der Waals surface area contributed by atoms with Crippen LogP contribution in [0.3, 0.4) is 0 Å². The molecule has 0 amide bonds. The standard InChI is InChI=1S/C14H16ClN3O/c1-8-6-11(13(17)12(15)14(8)19)18-10-4-2-9(7-16)3-5-10/h2-6,18-19H,7,16-17H2,1H3. The van der Waals surface area contributed by atoms with Gasteiger partial charge in [-0.3, -0.25) is 0 Å². The molecule has 0 saturated carbocycles. The molecule has 0 saturated heterocycles. The van der Waals surface area contributed by atoms with Gasteiger partial charge in [-0.25, -0.2) is 0 Å². The Kier molecular flexibility index (Phi) is 3.83. The largest absolute Gasteiger partial charge is 0.506 e. The fourth-order valence-electron chi connectivity index (χ4n) is 1.76. The molecule has 0 atom stereocenters. The predicted molar refractivity (Wildman–Crippen MR) is 79.9 cm³/mol. The smallest absolute Gasteiger partial charge is 0.139 e. The van der Waals surface area contributed by atoms with Crippen LogP contribution in [-0.4, -0.2) is 5.11 Å². The number of benzene rings is 2. The van der Waals surface area contributed by atoms with Gasteiger partial charge in [0.2, 0.25) is 0 Å². The van der Waals surface area contributed by atoms with Crippen LogP contribution in [0.25, 0.3) is 0 Å². The van der Waals surface area contributed by atoms with Gasteiger partial charge in [-0.15, -0.1) is 0 Å². The van der Waals surface area contributed by atoms with Crippen molar-refractivity contribution in [3.05, 3.63) is 46.5 Å². The van der Waals surface area contributed by atoms with Gasteiger partial charge in [0.05, 0.1) is 11.4 Å². The summed E-state index contributed by atoms with van der Waals surface area (Å²) in [4.78, 5) is 0. The lowest BCUT2D eigenvalue weighted by Gasteiger charge is -2.13. The summed E-state index contributed by atoms with van der Waals surface area (Å²) in [6.07, 6.45) is 0. The molecule has 19 heavy (non-hydrogen) atoms. The summed E-state index contributed by atoms with van der Waals surface area (Å²) < 4.78 is 0. The minimum atomic E-state index is 0.0168. The highest BCUT2D eigenvalue weighted by Crippen LogP contribution is 2.39. The van der Waals surface area contributed by atoms with Gasteiger partial charge < -0.3 is 21.9 Å². The molecular formula is C14H16ClN3O. The van der Waals surface area contributed by atoms with Gasteiger partial charge in [0.15, 0.2) is 0 Å². The van der Waals surface area contributed by atoms with Crippen LogP contribution in [0.2, 0.25) is 5.02 Å². The minimum absolute atomic E-state index is 0.0168. The second-order valence-electron chi connectivity index (χ2n) is 4.34. The van der Waals surface area contributed by atoms with E-state index in [4.69, 9.17) is 23.1 Å². The van der Waals surface area contributed by atoms with Crippen LogP contribution >= 0.6 is 11.6 Å². The first-order valence-electron chi connectivity index (χ1n) is 5.86. The lowest BCUT2D eigenvalue weighted by atomic mass is 10.1. The Morgan fingerprint density at radius 3 is 2.47 bits per heavy atom. The number of aromatic hydroxyl groups is 1. The molecule has 0 spiro atoms. The number of anilines is 3. The molecule has 0 unspecified atom stereocenters. The maximum Gasteiger partial charge on any atom is 0.139 e. The number of aryl methyl sites for hydroxylation is 1. The van der Waals surface area contributed by atoms with E-state index in [0.717, 1.165) is 11.3 Å². The van der Waals surface area contributed by atoms with Crippen LogP contribution < -0.4 is 16.8 Å². The number of hydrogen-bond donors (Lipinski definition) is 4. The summed E-state index contributed by atoms with van der Waals surface area (Å²) in [5.41, 5.74) is 15.0. The number of hydrogen-bond acceptors (Lipinski definition) is 4. The third kappa shape index (κ3) is 2.75. The van der Waals surface area contributed by atoms with Crippen molar-refractivity contribution in [2.45, 2.75) is 13.5 Å². The molecule has 0 fully saturated rings. The Hall–Kier alpha value is -1.91. The van der Waals surface area contributed by atoms with E-state index in [2.05, 4.69) is 5.32 Å². The van der Waals surface area contributed by atoms with Crippen LogP contribution in [0.1, 0.15) is 11.1 Å². The summed E-state index contributed by atoms with van der Waals surface area (Å²) >= 11 is 5.97. The zero-order chi connectivity index (χ0) is 14.0. The minimum Gasteiger partial charge on any atom is -0.506 e. The predicted octanol–water partition coefficient (Wildman–Crippen LogP) is 3.14. The Balaban J connectivity index is 2.32. The molecule has 0 aliphatic rings. The normalized spacial score (nSPS) is 10.5. The first-order chi connectivity index (χ1) is 9.02. The SMILES string of the molecule is Cc1cc(Nc2ccc(CN)cc2)c(N)c(Cl)c1O. The maximum atomic E-state index is 9.69. The van der Waals surface area contributed by atoms with Crippen molar-refractivity contribution in [2.75, 3.05) is 11.1 Å². The number of nitrogens with two attached hydrogens (primary N) is 2. The zero-order valence-corrected chi connectivity index (χ0v) is 11.3. The van der Waals surface area contributed by atoms with Crippen LogP contribution in [-0.2, 0) is 6.54 Å². The van der Waals surface area contributed by atoms with Crippen molar-refractivity contribution in [3.63, 3.8) is 0 Å². The second-order valence-corrected chi connectivity index (χ2v) is 4.72. The Bertz CT molecular complexity index is 597. The lowest BCUT2D eigenvalue weighted by molar-refractivity contribution is 0.472. The van der Waals surface area contributed by atoms with Crippen molar-refractivity contribution >= 4 is 28.7 Å². The Morgan fingerprint density at radius 2 is 1.89 bits per heavy atom. The summed E-state index contributed by atoms with van der Waals surface area (Å²) in [6, 6.07) is 9.46. The molecular weight excluding hydrogens is 262 g/mol. The van der Waals surface area contributed by atoms with Crippen molar-refractivity contribution in [1.82, 2.24) is 0 Å². The van der Waals surface area contributed by atoms with E-state index in [1.165, 1.54) is 0 Å². The van der Waals surface area contributed by atoms with Crippen molar-refractivity contribution in [3.8, 4) is 5.75 Å². The molecule has 4 nitrogen and oxygen atoms in total. The van der Waals surface area contributed by atoms with Crippen LogP contribution in [0.5, 0.6) is 5.75 Å². The molecule has 0 heterocycles. The molecule has 2 rings (SSSR count). The van der Waals surface area contributed by atoms with E-state index in [1.54, 1.807) is 13.0 Å². The Morgan fingerprint density at radius 1 is 1.26 bits per heavy atom. The van der Waals surface area contributed by atoms with E-state index >= 15 is 0 Å². The number of phenols is 1. The molecule has 0 aliphatic carbocycles. The lowest BCUT2D eigenvalue weighted by Crippen LogP contribution is -1.99. The van der Waals surface area contributed by atoms with Gasteiger partial charge in [0.25, 0.3) is 0 Å². The van der Waals surface area contributed by atoms with Crippen molar-refractivity contribution in [2.24, 2.45) is 5.73 Å². The molecule has 6 N–H and O–H groups in total. The molecule has 2 aromatic rings. The zero-order valence-electron chi connectivity index (χ0n) is 10.6. The first-order valence-corrected chi connectivity index (χ1v) is 6.24. The number of rotatable bonds is 3. The van der Waals surface area contributed by atoms with Gasteiger partial charge in [-0.1, -0.05) is 23.7 Å². The van der Waals surface area contributed by atoms with E-state index in [9.17, 15) is 5.11 Å². The topological polar surface area (TPSA) is 84.3 Å². The number of phenolic OH excluding ortho intramolecular Hbond substituents is 1. The highest BCUT2D eigenvalue weighted by Gasteiger charge is 2.11. The van der Waals surface area contributed by atoms with Gasteiger partial charge in [0.1, 0.15) is 10.8 Å². The highest BCUT2D eigenvalue weighted by molar-refractivity contribution is 6.35. The molecule has 2 aromatic carbocycles. The fourth-order valence-corrected chi connectivity index (χ4v) is 2.02. The van der Waals surface area contributed by atoms with E-state index < -0.39 is 0 Å². The van der Waals surface area contributed by atoms with Crippen molar-refractivity contribution < 1.29 is 5.11 Å². The Labute approximate surface area is 117 Å². The molecule has 5 heteroatoms. The third-order valence-electron chi connectivity index (χ3n) is 2.94. The summed E-state index contributed by atoms with van der Waals surface area (Å²) in [5, 5.41) is 13.0. The number of halogens is 1. The monoisotopic (exact) mass is 277 g/mol. The molecule has 0 radical (unpaired) electrons. The average Bonchev–Trinajstić information content (AvgIpc) is 2.43. The van der Waals surface area contributed by atoms with Gasteiger partial charge in [-0.05, 0) is 36.2 Å². The molecule has 100 valence electrons. The van der Waals surface area contributed by atoms with E-state index in [0.29, 0.717) is 23.5 Å². The summed E-state index contributed by atoms with van der Waals surface area (Å²) in [6.45, 7) is 2.27. The van der Waals surface area contributed by atoms with Crippen LogP contribution in [0, 0.1) is 6.92 Å². The maximum absolute atomic E-state index is 9.69. The fraction of sp³-hybridized carbons (Fsp3) is 0.143. The van der Waals surface area contributed by atoms with Crippen molar-refractivity contribution in [1.29, 1.82) is 0 Å². The molecule has 0 aromatic heterocycles. The second kappa shape index (κ2) is 5.38. The van der Waals surface area contributed by atoms with Crippen LogP contribution in [0.15, 0.2) is 30.3 Å². The number of nitrogens with one attached hydrogen (secondary N) is 1. The quantitative estimate of drug-likeness (QED) is 0.513. The van der Waals surface area contributed by atoms with Gasteiger partial charge in [-0.2, -0.15) is 0 Å². The molecule has 0 bridgehead atoms. The van der Waals surface area contributed by atoms with Gasteiger partial charge in [0, 0.05) is 12.2 Å². The van der Waals surface area contributed by atoms with E-state index in [-0.39, 0.29) is 10.8 Å².